The van der Waals surface area contributed by atoms with Crippen molar-refractivity contribution in [1.29, 1.82) is 0 Å². The van der Waals surface area contributed by atoms with Gasteiger partial charge in [0.1, 0.15) is 0 Å². The normalized spacial score (nSPS) is 10.7. The highest BCUT2D eigenvalue weighted by molar-refractivity contribution is 5.78. The molecule has 6 nitrogen and oxygen atoms in total. The minimum atomic E-state index is -0.00249. The number of nitrogens with zero attached hydrogens (tertiary/aromatic N) is 2. The van der Waals surface area contributed by atoms with E-state index >= 15 is 0 Å². The molecule has 1 amide bonds. The summed E-state index contributed by atoms with van der Waals surface area (Å²) < 4.78 is 10.7. The lowest BCUT2D eigenvalue weighted by Gasteiger charge is -2.19. The molecule has 0 saturated carbocycles. The molecule has 0 spiro atoms. The molecule has 0 atom stereocenters. The molecule has 1 N–H and O–H groups in total. The van der Waals surface area contributed by atoms with Gasteiger partial charge in [-0.25, -0.2) is 0 Å². The van der Waals surface area contributed by atoms with Crippen LogP contribution >= 0.6 is 0 Å². The molecule has 0 aliphatic carbocycles. The molecule has 0 unspecified atom stereocenters. The molecule has 0 aromatic heterocycles. The quantitative estimate of drug-likeness (QED) is 0.719. The van der Waals surface area contributed by atoms with Crippen LogP contribution in [0.2, 0.25) is 0 Å². The third kappa shape index (κ3) is 5.89. The monoisotopic (exact) mass is 385 g/mol. The number of likely N-dealkylation sites (N-methyl/N-ethyl adjacent to an activating group) is 1. The zero-order valence-corrected chi connectivity index (χ0v) is 17.7. The lowest BCUT2D eigenvalue weighted by Crippen LogP contribution is -2.34. The fraction of sp³-hybridized carbons (Fsp3) is 0.409. The summed E-state index contributed by atoms with van der Waals surface area (Å²) in [6.07, 6.45) is 0. The number of nitrogens with one attached hydrogen (secondary N) is 1. The highest BCUT2D eigenvalue weighted by Gasteiger charge is 2.12. The molecular weight excluding hydrogens is 354 g/mol. The molecule has 2 rings (SSSR count). The van der Waals surface area contributed by atoms with E-state index in [-0.39, 0.29) is 5.91 Å². The van der Waals surface area contributed by atoms with Crippen LogP contribution in [0.5, 0.6) is 11.5 Å². The summed E-state index contributed by atoms with van der Waals surface area (Å²) in [4.78, 5) is 16.3. The first-order chi connectivity index (χ1) is 13.3. The van der Waals surface area contributed by atoms with Gasteiger partial charge in [-0.3, -0.25) is 9.69 Å². The smallest absolute Gasteiger partial charge is 0.234 e. The van der Waals surface area contributed by atoms with E-state index in [0.717, 1.165) is 22.4 Å². The summed E-state index contributed by atoms with van der Waals surface area (Å²) in [7, 11) is 9.20. The van der Waals surface area contributed by atoms with E-state index in [2.05, 4.69) is 5.32 Å². The molecule has 0 aliphatic heterocycles. The Hall–Kier alpha value is -2.73. The maximum absolute atomic E-state index is 12.3. The van der Waals surface area contributed by atoms with Gasteiger partial charge in [-0.15, -0.1) is 0 Å². The van der Waals surface area contributed by atoms with E-state index in [1.165, 1.54) is 0 Å². The van der Waals surface area contributed by atoms with Crippen LogP contribution in [-0.4, -0.2) is 52.7 Å². The topological polar surface area (TPSA) is 54.0 Å². The Morgan fingerprint density at radius 3 is 2.18 bits per heavy atom. The fourth-order valence-electron chi connectivity index (χ4n) is 2.95. The van der Waals surface area contributed by atoms with Gasteiger partial charge in [-0.1, -0.05) is 12.1 Å². The number of hydrogen-bond donors (Lipinski definition) is 1. The molecular formula is C22H31N3O3. The molecule has 28 heavy (non-hydrogen) atoms. The Balaban J connectivity index is 1.88. The van der Waals surface area contributed by atoms with Crippen LogP contribution in [0.25, 0.3) is 0 Å². The lowest BCUT2D eigenvalue weighted by atomic mass is 10.1. The van der Waals surface area contributed by atoms with Crippen molar-refractivity contribution in [2.75, 3.05) is 46.8 Å². The largest absolute Gasteiger partial charge is 0.493 e. The summed E-state index contributed by atoms with van der Waals surface area (Å²) in [5, 5.41) is 2.98. The van der Waals surface area contributed by atoms with Gasteiger partial charge in [-0.2, -0.15) is 0 Å². The molecule has 0 saturated heterocycles. The van der Waals surface area contributed by atoms with Crippen molar-refractivity contribution in [2.24, 2.45) is 0 Å². The second-order valence-corrected chi connectivity index (χ2v) is 7.14. The van der Waals surface area contributed by atoms with Gasteiger partial charge < -0.3 is 19.7 Å². The number of aryl methyl sites for hydroxylation is 1. The summed E-state index contributed by atoms with van der Waals surface area (Å²) in [6, 6.07) is 12.1. The second kappa shape index (κ2) is 9.99. The van der Waals surface area contributed by atoms with Crippen molar-refractivity contribution in [3.63, 3.8) is 0 Å². The maximum atomic E-state index is 12.3. The third-order valence-corrected chi connectivity index (χ3v) is 4.64. The molecule has 2 aromatic carbocycles. The fourth-order valence-corrected chi connectivity index (χ4v) is 2.95. The van der Waals surface area contributed by atoms with Crippen LogP contribution in [-0.2, 0) is 17.9 Å². The van der Waals surface area contributed by atoms with Gasteiger partial charge in [0.15, 0.2) is 11.5 Å². The predicted molar refractivity (Wildman–Crippen MR) is 113 cm³/mol. The van der Waals surface area contributed by atoms with Crippen LogP contribution in [0, 0.1) is 6.92 Å². The SMILES string of the molecule is COc1cc(C)c(CN(C)CC(=O)NCc2ccc(N(C)C)cc2)cc1OC. The average Bonchev–Trinajstić information content (AvgIpc) is 2.67. The first-order valence-corrected chi connectivity index (χ1v) is 9.27. The van der Waals surface area contributed by atoms with E-state index in [1.807, 2.05) is 74.3 Å². The molecule has 0 bridgehead atoms. The molecule has 2 aromatic rings. The van der Waals surface area contributed by atoms with Crippen molar-refractivity contribution in [3.8, 4) is 11.5 Å². The molecule has 0 fully saturated rings. The predicted octanol–water partition coefficient (Wildman–Crippen LogP) is 2.83. The third-order valence-electron chi connectivity index (χ3n) is 4.64. The van der Waals surface area contributed by atoms with Crippen LogP contribution in [0.1, 0.15) is 16.7 Å². The highest BCUT2D eigenvalue weighted by Crippen LogP contribution is 2.30. The van der Waals surface area contributed by atoms with E-state index in [0.29, 0.717) is 31.1 Å². The van der Waals surface area contributed by atoms with Crippen LogP contribution in [0.15, 0.2) is 36.4 Å². The lowest BCUT2D eigenvalue weighted by molar-refractivity contribution is -0.122. The van der Waals surface area contributed by atoms with Crippen molar-refractivity contribution in [1.82, 2.24) is 10.2 Å². The number of rotatable bonds is 9. The Morgan fingerprint density at radius 1 is 1.00 bits per heavy atom. The number of benzene rings is 2. The second-order valence-electron chi connectivity index (χ2n) is 7.14. The van der Waals surface area contributed by atoms with Crippen LogP contribution in [0.4, 0.5) is 5.69 Å². The average molecular weight is 386 g/mol. The van der Waals surface area contributed by atoms with Crippen LogP contribution in [0.3, 0.4) is 0 Å². The molecule has 0 radical (unpaired) electrons. The first-order valence-electron chi connectivity index (χ1n) is 9.27. The summed E-state index contributed by atoms with van der Waals surface area (Å²) in [6.45, 7) is 3.53. The Bertz CT molecular complexity index is 788. The van der Waals surface area contributed by atoms with Gasteiger partial charge in [-0.05, 0) is 54.9 Å². The molecule has 152 valence electrons. The van der Waals surface area contributed by atoms with E-state index in [1.54, 1.807) is 14.2 Å². The van der Waals surface area contributed by atoms with E-state index in [4.69, 9.17) is 9.47 Å². The number of amides is 1. The summed E-state index contributed by atoms with van der Waals surface area (Å²) in [5.74, 6) is 1.41. The Morgan fingerprint density at radius 2 is 1.61 bits per heavy atom. The van der Waals surface area contributed by atoms with Crippen molar-refractivity contribution < 1.29 is 14.3 Å². The summed E-state index contributed by atoms with van der Waals surface area (Å²) in [5.41, 5.74) is 4.43. The van der Waals surface area contributed by atoms with Gasteiger partial charge >= 0.3 is 0 Å². The first kappa shape index (κ1) is 21.6. The van der Waals surface area contributed by atoms with Crippen molar-refractivity contribution in [3.05, 3.63) is 53.1 Å². The van der Waals surface area contributed by atoms with E-state index < -0.39 is 0 Å². The standard InChI is InChI=1S/C22H31N3O3/c1-16-11-20(27-5)21(28-6)12-18(16)14-25(4)15-22(26)23-13-17-7-9-19(10-8-17)24(2)3/h7-12H,13-15H2,1-6H3,(H,23,26). The van der Waals surface area contributed by atoms with Gasteiger partial charge in [0.25, 0.3) is 0 Å². The van der Waals surface area contributed by atoms with Crippen molar-refractivity contribution in [2.45, 2.75) is 20.0 Å². The Kier molecular flexibility index (Phi) is 7.70. The minimum absolute atomic E-state index is 0.00249. The number of anilines is 1. The Labute approximate surface area is 168 Å². The zero-order valence-electron chi connectivity index (χ0n) is 17.7. The number of carbonyl (C=O) groups is 1. The minimum Gasteiger partial charge on any atom is -0.493 e. The van der Waals surface area contributed by atoms with Gasteiger partial charge in [0.05, 0.1) is 20.8 Å². The van der Waals surface area contributed by atoms with E-state index in [9.17, 15) is 4.79 Å². The van der Waals surface area contributed by atoms with Crippen LogP contribution < -0.4 is 19.7 Å². The number of methoxy groups -OCH3 is 2. The molecule has 0 heterocycles. The number of hydrogen-bond acceptors (Lipinski definition) is 5. The zero-order chi connectivity index (χ0) is 20.7. The molecule has 6 heteroatoms. The summed E-state index contributed by atoms with van der Waals surface area (Å²) >= 11 is 0. The molecule has 0 aliphatic rings. The maximum Gasteiger partial charge on any atom is 0.234 e. The van der Waals surface area contributed by atoms with Gasteiger partial charge in [0.2, 0.25) is 5.91 Å². The number of ether oxygens (including phenoxy) is 2. The highest BCUT2D eigenvalue weighted by atomic mass is 16.5. The van der Waals surface area contributed by atoms with Crippen molar-refractivity contribution >= 4 is 11.6 Å². The van der Waals surface area contributed by atoms with Gasteiger partial charge in [0, 0.05) is 32.9 Å². The number of carbonyl (C=O) groups excluding carboxylic acids is 1.